The van der Waals surface area contributed by atoms with Gasteiger partial charge in [0.2, 0.25) is 0 Å². The third kappa shape index (κ3) is 2.91. The van der Waals surface area contributed by atoms with Gasteiger partial charge in [-0.25, -0.2) is 0 Å². The van der Waals surface area contributed by atoms with E-state index in [1.807, 2.05) is 24.3 Å². The second-order valence-corrected chi connectivity index (χ2v) is 4.28. The van der Waals surface area contributed by atoms with Crippen LogP contribution in [0, 0.1) is 0 Å². The average Bonchev–Trinajstić information content (AvgIpc) is 2.39. The summed E-state index contributed by atoms with van der Waals surface area (Å²) in [6.07, 6.45) is 0. The summed E-state index contributed by atoms with van der Waals surface area (Å²) in [7, 11) is 7.13. The number of carbonyl (C=O) groups is 1. The number of hydrogen-bond acceptors (Lipinski definition) is 3. The van der Waals surface area contributed by atoms with Crippen LogP contribution in [0.1, 0.15) is 17.3 Å². The van der Waals surface area contributed by atoms with Gasteiger partial charge < -0.3 is 9.71 Å². The first-order valence-corrected chi connectivity index (χ1v) is 5.86. The van der Waals surface area contributed by atoms with E-state index in [0.29, 0.717) is 0 Å². The van der Waals surface area contributed by atoms with Crippen molar-refractivity contribution < 1.29 is 4.79 Å². The van der Waals surface area contributed by atoms with Gasteiger partial charge in [0.15, 0.2) is 5.78 Å². The lowest BCUT2D eigenvalue weighted by atomic mass is 9.65. The number of carbonyl (C=O) groups excluding carboxylic acids is 1. The van der Waals surface area contributed by atoms with Crippen LogP contribution in [0.4, 0.5) is 5.69 Å². The second kappa shape index (κ2) is 5.41. The number of ketones is 1. The molecule has 5 heteroatoms. The summed E-state index contributed by atoms with van der Waals surface area (Å²) in [6.45, 7) is 5.42. The minimum Gasteiger partial charge on any atom is -0.369 e. The quantitative estimate of drug-likeness (QED) is 0.559. The Morgan fingerprint density at radius 2 is 1.76 bits per heavy atom. The lowest BCUT2D eigenvalue weighted by Crippen LogP contribution is -2.47. The van der Waals surface area contributed by atoms with Crippen LogP contribution in [0.25, 0.3) is 0 Å². The smallest absolute Gasteiger partial charge is 0.159 e. The summed E-state index contributed by atoms with van der Waals surface area (Å²) in [6, 6.07) is 7.80. The summed E-state index contributed by atoms with van der Waals surface area (Å²) in [4.78, 5) is 15.6. The molecule has 0 atom stereocenters. The third-order valence-corrected chi connectivity index (χ3v) is 3.16. The van der Waals surface area contributed by atoms with Gasteiger partial charge in [0.1, 0.15) is 7.31 Å². The monoisotopic (exact) mass is 225 g/mol. The van der Waals surface area contributed by atoms with Crippen LogP contribution in [0.2, 0.25) is 0 Å². The number of hydrogen-bond donors (Lipinski definition) is 0. The first kappa shape index (κ1) is 12.2. The Hall–Kier alpha value is -1.22. The van der Waals surface area contributed by atoms with E-state index in [4.69, 9.17) is 7.74 Å². The van der Waals surface area contributed by atoms with Crippen molar-refractivity contribution in [2.45, 2.75) is 6.92 Å². The number of piperazine rings is 1. The molecule has 1 aromatic carbocycles. The number of Topliss-reactive ketones (excluding diaryl/α,β-unsaturated/α-hetero) is 1. The summed E-state index contributed by atoms with van der Waals surface area (Å²) >= 11 is 0. The van der Waals surface area contributed by atoms with Gasteiger partial charge in [0, 0.05) is 45.2 Å². The predicted octanol–water partition coefficient (Wildman–Crippen LogP) is 0.714. The fourth-order valence-electron chi connectivity index (χ4n) is 2.04. The van der Waals surface area contributed by atoms with Crippen molar-refractivity contribution in [1.82, 2.24) is 4.81 Å². The Labute approximate surface area is 104 Å². The van der Waals surface area contributed by atoms with Crippen LogP contribution in [-0.2, 0) is 0 Å². The second-order valence-electron chi connectivity index (χ2n) is 4.28. The summed E-state index contributed by atoms with van der Waals surface area (Å²) in [5, 5.41) is 0. The average molecular weight is 225 g/mol. The highest BCUT2D eigenvalue weighted by atomic mass is 16.1. The van der Waals surface area contributed by atoms with E-state index in [1.54, 1.807) is 14.2 Å². The van der Waals surface area contributed by atoms with Gasteiger partial charge in [0.25, 0.3) is 0 Å². The van der Waals surface area contributed by atoms with Gasteiger partial charge in [-0.15, -0.1) is 0 Å². The summed E-state index contributed by atoms with van der Waals surface area (Å²) < 4.78 is 0. The molecule has 2 rings (SSSR count). The van der Waals surface area contributed by atoms with E-state index in [1.165, 1.54) is 5.69 Å². The van der Waals surface area contributed by atoms with E-state index < -0.39 is 0 Å². The van der Waals surface area contributed by atoms with E-state index in [2.05, 4.69) is 9.71 Å². The standard InChI is InChI=1S/C12H15B2N2O/c1-10(17)11-2-4-12(5-3-11)15-6-8-16(14-13)9-7-15/h2-5H,6-9H2,1H3. The molecule has 1 aromatic rings. The van der Waals surface area contributed by atoms with Gasteiger partial charge in [-0.2, -0.15) is 0 Å². The molecule has 3 radical (unpaired) electrons. The summed E-state index contributed by atoms with van der Waals surface area (Å²) in [5.41, 5.74) is 1.94. The zero-order chi connectivity index (χ0) is 12.3. The van der Waals surface area contributed by atoms with Crippen LogP contribution >= 0.6 is 0 Å². The minimum absolute atomic E-state index is 0.110. The van der Waals surface area contributed by atoms with Crippen LogP contribution in [0.15, 0.2) is 24.3 Å². The van der Waals surface area contributed by atoms with E-state index >= 15 is 0 Å². The normalized spacial score (nSPS) is 16.9. The van der Waals surface area contributed by atoms with Gasteiger partial charge in [-0.3, -0.25) is 4.79 Å². The Morgan fingerprint density at radius 1 is 1.18 bits per heavy atom. The number of nitrogens with zero attached hydrogens (tertiary/aromatic N) is 2. The molecule has 1 heterocycles. The zero-order valence-corrected chi connectivity index (χ0v) is 10.1. The molecule has 1 fully saturated rings. The molecule has 0 N–H and O–H groups in total. The van der Waals surface area contributed by atoms with Gasteiger partial charge >= 0.3 is 0 Å². The maximum absolute atomic E-state index is 11.2. The van der Waals surface area contributed by atoms with E-state index in [9.17, 15) is 4.79 Å². The Balaban J connectivity index is 2.01. The highest BCUT2D eigenvalue weighted by molar-refractivity contribution is 6.87. The van der Waals surface area contributed by atoms with E-state index in [-0.39, 0.29) is 5.78 Å². The van der Waals surface area contributed by atoms with Crippen molar-refractivity contribution in [3.63, 3.8) is 0 Å². The molecule has 17 heavy (non-hydrogen) atoms. The topological polar surface area (TPSA) is 23.6 Å². The maximum atomic E-state index is 11.2. The van der Waals surface area contributed by atoms with Crippen molar-refractivity contribution in [2.24, 2.45) is 0 Å². The van der Waals surface area contributed by atoms with Crippen molar-refractivity contribution >= 4 is 26.5 Å². The molecule has 3 nitrogen and oxygen atoms in total. The lowest BCUT2D eigenvalue weighted by Gasteiger charge is -2.36. The maximum Gasteiger partial charge on any atom is 0.159 e. The molecule has 1 aliphatic heterocycles. The van der Waals surface area contributed by atoms with Crippen molar-refractivity contribution in [1.29, 1.82) is 0 Å². The van der Waals surface area contributed by atoms with Gasteiger partial charge in [-0.05, 0) is 31.2 Å². The highest BCUT2D eigenvalue weighted by Gasteiger charge is 2.15. The van der Waals surface area contributed by atoms with Crippen molar-refractivity contribution in [2.75, 3.05) is 31.1 Å². The number of anilines is 1. The molecule has 0 saturated carbocycles. The van der Waals surface area contributed by atoms with Crippen LogP contribution in [0.3, 0.4) is 0 Å². The molecule has 0 spiro atoms. The Bertz CT molecular complexity index is 386. The molecule has 0 aliphatic carbocycles. The predicted molar refractivity (Wildman–Crippen MR) is 71.7 cm³/mol. The molecule has 0 aromatic heterocycles. The largest absolute Gasteiger partial charge is 0.369 e. The molecule has 0 unspecified atom stereocenters. The van der Waals surface area contributed by atoms with Crippen LogP contribution in [0.5, 0.6) is 0 Å². The van der Waals surface area contributed by atoms with Crippen molar-refractivity contribution in [3.8, 4) is 0 Å². The molecule has 1 saturated heterocycles. The Morgan fingerprint density at radius 3 is 2.24 bits per heavy atom. The SMILES string of the molecule is [B][B]N1CCN(c2ccc(C(C)=O)cc2)CC1. The van der Waals surface area contributed by atoms with E-state index in [0.717, 1.165) is 31.7 Å². The van der Waals surface area contributed by atoms with Crippen LogP contribution < -0.4 is 4.90 Å². The van der Waals surface area contributed by atoms with Crippen molar-refractivity contribution in [3.05, 3.63) is 29.8 Å². The number of rotatable bonds is 3. The molecular weight excluding hydrogens is 210 g/mol. The Kier molecular flexibility index (Phi) is 3.89. The molecular formula is C12H15B2N2O. The zero-order valence-electron chi connectivity index (χ0n) is 10.1. The summed E-state index contributed by atoms with van der Waals surface area (Å²) in [5.74, 6) is 0.110. The van der Waals surface area contributed by atoms with Gasteiger partial charge in [0.05, 0.1) is 0 Å². The van der Waals surface area contributed by atoms with Gasteiger partial charge in [-0.1, -0.05) is 0 Å². The van der Waals surface area contributed by atoms with Crippen LogP contribution in [-0.4, -0.2) is 51.8 Å². The molecule has 1 aliphatic rings. The lowest BCUT2D eigenvalue weighted by molar-refractivity contribution is 0.101. The fourth-order valence-corrected chi connectivity index (χ4v) is 2.04. The first-order valence-electron chi connectivity index (χ1n) is 5.86. The molecule has 0 amide bonds. The molecule has 85 valence electrons. The minimum atomic E-state index is 0.110. The number of benzene rings is 1. The fraction of sp³-hybridized carbons (Fsp3) is 0.417. The highest BCUT2D eigenvalue weighted by Crippen LogP contribution is 2.17. The molecule has 0 bridgehead atoms. The first-order chi connectivity index (χ1) is 8.20. The third-order valence-electron chi connectivity index (χ3n) is 3.16.